The molecule has 84 valence electrons. The summed E-state index contributed by atoms with van der Waals surface area (Å²) in [5.41, 5.74) is -0.804. The lowest BCUT2D eigenvalue weighted by Crippen LogP contribution is -2.29. The number of likely N-dealkylation sites (N-methyl/N-ethyl adjacent to an activating group) is 1. The van der Waals surface area contributed by atoms with E-state index in [1.165, 1.54) is 0 Å². The molecule has 0 aromatic heterocycles. The molecule has 1 aromatic rings. The fourth-order valence-electron chi connectivity index (χ4n) is 1.61. The third kappa shape index (κ3) is 2.93. The maximum absolute atomic E-state index is 14.3. The van der Waals surface area contributed by atoms with Crippen LogP contribution in [-0.4, -0.2) is 20.2 Å². The number of ether oxygens (including phenoxy) is 1. The van der Waals surface area contributed by atoms with Crippen LogP contribution in [0.3, 0.4) is 0 Å². The minimum absolute atomic E-state index is 0.275. The van der Waals surface area contributed by atoms with Gasteiger partial charge < -0.3 is 10.1 Å². The summed E-state index contributed by atoms with van der Waals surface area (Å²) >= 11 is 0. The average Bonchev–Trinajstić information content (AvgIpc) is 2.19. The van der Waals surface area contributed by atoms with Crippen LogP contribution in [0.4, 0.5) is 4.39 Å². The Morgan fingerprint density at radius 2 is 2.07 bits per heavy atom. The van der Waals surface area contributed by atoms with E-state index in [0.29, 0.717) is 17.9 Å². The predicted octanol–water partition coefficient (Wildman–Crippen LogP) is 2.49. The summed E-state index contributed by atoms with van der Waals surface area (Å²) in [5, 5.41) is 2.85. The largest absolute Gasteiger partial charge is 0.493 e. The molecule has 0 radical (unpaired) electrons. The molecule has 1 aromatic carbocycles. The van der Waals surface area contributed by atoms with E-state index >= 15 is 0 Å². The van der Waals surface area contributed by atoms with E-state index in [1.54, 1.807) is 26.1 Å². The van der Waals surface area contributed by atoms with E-state index < -0.39 is 5.67 Å². The Morgan fingerprint density at radius 1 is 1.40 bits per heavy atom. The summed E-state index contributed by atoms with van der Waals surface area (Å²) < 4.78 is 19.7. The number of hydrogen-bond donors (Lipinski definition) is 1. The van der Waals surface area contributed by atoms with Crippen molar-refractivity contribution in [3.05, 3.63) is 29.8 Å². The highest BCUT2D eigenvalue weighted by atomic mass is 19.1. The first kappa shape index (κ1) is 12.0. The van der Waals surface area contributed by atoms with Gasteiger partial charge in [-0.25, -0.2) is 4.39 Å². The standard InChI is InChI=1S/C12H18FNO/c1-4-15-11-8-6-5-7-10(11)12(2,13)9-14-3/h5-8,14H,4,9H2,1-3H3. The molecule has 15 heavy (non-hydrogen) atoms. The Bertz CT molecular complexity index is 312. The molecule has 0 fully saturated rings. The Kier molecular flexibility index (Phi) is 4.09. The maximum Gasteiger partial charge on any atom is 0.149 e. The highest BCUT2D eigenvalue weighted by molar-refractivity contribution is 5.37. The van der Waals surface area contributed by atoms with Gasteiger partial charge in [0, 0.05) is 12.1 Å². The van der Waals surface area contributed by atoms with E-state index in [0.717, 1.165) is 0 Å². The number of para-hydroxylation sites is 1. The minimum Gasteiger partial charge on any atom is -0.493 e. The molecule has 0 bridgehead atoms. The minimum atomic E-state index is -1.40. The van der Waals surface area contributed by atoms with E-state index in [2.05, 4.69) is 5.32 Å². The van der Waals surface area contributed by atoms with Crippen molar-refractivity contribution in [1.29, 1.82) is 0 Å². The summed E-state index contributed by atoms with van der Waals surface area (Å²) in [6.45, 7) is 4.27. The summed E-state index contributed by atoms with van der Waals surface area (Å²) in [5.74, 6) is 0.625. The third-order valence-corrected chi connectivity index (χ3v) is 2.26. The molecule has 3 heteroatoms. The van der Waals surface area contributed by atoms with Crippen LogP contribution in [0.5, 0.6) is 5.75 Å². The van der Waals surface area contributed by atoms with Crippen molar-refractivity contribution in [3.8, 4) is 5.75 Å². The van der Waals surface area contributed by atoms with Gasteiger partial charge in [-0.05, 0) is 27.0 Å². The SMILES string of the molecule is CCOc1ccccc1C(C)(F)CNC. The van der Waals surface area contributed by atoms with Crippen LogP contribution >= 0.6 is 0 Å². The van der Waals surface area contributed by atoms with E-state index in [1.807, 2.05) is 19.1 Å². The van der Waals surface area contributed by atoms with Crippen LogP contribution in [0.25, 0.3) is 0 Å². The zero-order chi connectivity index (χ0) is 11.3. The molecular formula is C12H18FNO. The third-order valence-electron chi connectivity index (χ3n) is 2.26. The van der Waals surface area contributed by atoms with Crippen LogP contribution in [0, 0.1) is 0 Å². The molecule has 0 amide bonds. The maximum atomic E-state index is 14.3. The lowest BCUT2D eigenvalue weighted by Gasteiger charge is -2.23. The molecule has 1 atom stereocenters. The van der Waals surface area contributed by atoms with E-state index in [9.17, 15) is 4.39 Å². The molecular weight excluding hydrogens is 193 g/mol. The van der Waals surface area contributed by atoms with Gasteiger partial charge in [0.1, 0.15) is 11.4 Å². The van der Waals surface area contributed by atoms with Gasteiger partial charge in [-0.2, -0.15) is 0 Å². The monoisotopic (exact) mass is 211 g/mol. The summed E-state index contributed by atoms with van der Waals surface area (Å²) in [4.78, 5) is 0. The zero-order valence-electron chi connectivity index (χ0n) is 9.51. The Morgan fingerprint density at radius 3 is 2.67 bits per heavy atom. The van der Waals surface area contributed by atoms with Gasteiger partial charge in [0.25, 0.3) is 0 Å². The number of hydrogen-bond acceptors (Lipinski definition) is 2. The highest BCUT2D eigenvalue weighted by Crippen LogP contribution is 2.32. The average molecular weight is 211 g/mol. The fraction of sp³-hybridized carbons (Fsp3) is 0.500. The smallest absolute Gasteiger partial charge is 0.149 e. The quantitative estimate of drug-likeness (QED) is 0.808. The van der Waals surface area contributed by atoms with Gasteiger partial charge in [0.2, 0.25) is 0 Å². The Hall–Kier alpha value is -1.09. The molecule has 0 spiro atoms. The van der Waals surface area contributed by atoms with Gasteiger partial charge in [-0.1, -0.05) is 18.2 Å². The van der Waals surface area contributed by atoms with Crippen molar-refractivity contribution >= 4 is 0 Å². The van der Waals surface area contributed by atoms with Crippen molar-refractivity contribution in [2.24, 2.45) is 0 Å². The van der Waals surface area contributed by atoms with Crippen molar-refractivity contribution in [3.63, 3.8) is 0 Å². The van der Waals surface area contributed by atoms with Crippen molar-refractivity contribution in [2.45, 2.75) is 19.5 Å². The summed E-state index contributed by atoms with van der Waals surface area (Å²) in [6, 6.07) is 7.24. The normalized spacial score (nSPS) is 14.7. The topological polar surface area (TPSA) is 21.3 Å². The summed E-state index contributed by atoms with van der Waals surface area (Å²) in [6.07, 6.45) is 0. The molecule has 0 aliphatic rings. The molecule has 0 aliphatic heterocycles. The second-order valence-electron chi connectivity index (χ2n) is 3.66. The number of nitrogens with one attached hydrogen (secondary N) is 1. The van der Waals surface area contributed by atoms with Gasteiger partial charge in [-0.15, -0.1) is 0 Å². The van der Waals surface area contributed by atoms with Crippen LogP contribution in [-0.2, 0) is 5.67 Å². The first-order valence-corrected chi connectivity index (χ1v) is 5.17. The first-order valence-electron chi connectivity index (χ1n) is 5.17. The van der Waals surface area contributed by atoms with Crippen molar-refractivity contribution in [1.82, 2.24) is 5.32 Å². The Balaban J connectivity index is 3.00. The first-order chi connectivity index (χ1) is 7.11. The second kappa shape index (κ2) is 5.12. The van der Waals surface area contributed by atoms with Crippen molar-refractivity contribution < 1.29 is 9.13 Å². The number of benzene rings is 1. The molecule has 1 N–H and O–H groups in total. The van der Waals surface area contributed by atoms with Crippen LogP contribution in [0.2, 0.25) is 0 Å². The fourth-order valence-corrected chi connectivity index (χ4v) is 1.61. The molecule has 1 rings (SSSR count). The Labute approximate surface area is 90.4 Å². The highest BCUT2D eigenvalue weighted by Gasteiger charge is 2.28. The molecule has 2 nitrogen and oxygen atoms in total. The molecule has 0 heterocycles. The lowest BCUT2D eigenvalue weighted by atomic mass is 9.97. The van der Waals surface area contributed by atoms with Crippen LogP contribution in [0.1, 0.15) is 19.4 Å². The lowest BCUT2D eigenvalue weighted by molar-refractivity contribution is 0.182. The number of rotatable bonds is 5. The van der Waals surface area contributed by atoms with Crippen molar-refractivity contribution in [2.75, 3.05) is 20.2 Å². The molecule has 0 saturated carbocycles. The van der Waals surface area contributed by atoms with Crippen LogP contribution < -0.4 is 10.1 Å². The van der Waals surface area contributed by atoms with Crippen LogP contribution in [0.15, 0.2) is 24.3 Å². The van der Waals surface area contributed by atoms with Gasteiger partial charge >= 0.3 is 0 Å². The second-order valence-corrected chi connectivity index (χ2v) is 3.66. The van der Waals surface area contributed by atoms with Gasteiger partial charge in [0.15, 0.2) is 0 Å². The number of alkyl halides is 1. The zero-order valence-corrected chi connectivity index (χ0v) is 9.51. The van der Waals surface area contributed by atoms with E-state index in [4.69, 9.17) is 4.74 Å². The van der Waals surface area contributed by atoms with Gasteiger partial charge in [0.05, 0.1) is 6.61 Å². The van der Waals surface area contributed by atoms with E-state index in [-0.39, 0.29) is 6.54 Å². The molecule has 0 saturated heterocycles. The summed E-state index contributed by atoms with van der Waals surface area (Å²) in [7, 11) is 1.74. The number of halogens is 1. The molecule has 0 aliphatic carbocycles. The van der Waals surface area contributed by atoms with Gasteiger partial charge in [-0.3, -0.25) is 0 Å². The predicted molar refractivity (Wildman–Crippen MR) is 60.0 cm³/mol. The molecule has 1 unspecified atom stereocenters.